The Morgan fingerprint density at radius 1 is 1.58 bits per heavy atom. The van der Waals surface area contributed by atoms with Gasteiger partial charge >= 0.3 is 0 Å². The Bertz CT molecular complexity index is 216. The van der Waals surface area contributed by atoms with E-state index in [1.165, 1.54) is 4.90 Å². The largest absolute Gasteiger partial charge is 0.408 e. The van der Waals surface area contributed by atoms with Gasteiger partial charge in [-0.05, 0) is 12.8 Å². The zero-order chi connectivity index (χ0) is 9.14. The average molecular weight is 172 g/mol. The van der Waals surface area contributed by atoms with E-state index in [2.05, 4.69) is 5.16 Å². The second-order valence-electron chi connectivity index (χ2n) is 2.71. The third-order valence-electron chi connectivity index (χ3n) is 1.98. The van der Waals surface area contributed by atoms with Crippen molar-refractivity contribution in [3.05, 3.63) is 0 Å². The normalized spacial score (nSPS) is 24.5. The number of guanidine groups is 1. The molecule has 0 aliphatic carbocycles. The van der Waals surface area contributed by atoms with Crippen molar-refractivity contribution in [3.8, 4) is 0 Å². The van der Waals surface area contributed by atoms with Crippen molar-refractivity contribution in [2.24, 2.45) is 16.6 Å². The molecule has 1 unspecified atom stereocenters. The lowest BCUT2D eigenvalue weighted by Gasteiger charge is -2.21. The fourth-order valence-corrected chi connectivity index (χ4v) is 1.39. The third kappa shape index (κ3) is 1.41. The van der Waals surface area contributed by atoms with Gasteiger partial charge in [0.05, 0.1) is 0 Å². The smallest absolute Gasteiger partial charge is 0.240 e. The zero-order valence-corrected chi connectivity index (χ0v) is 6.60. The van der Waals surface area contributed by atoms with Crippen molar-refractivity contribution in [1.82, 2.24) is 4.90 Å². The number of carbonyl (C=O) groups excluding carboxylic acids is 1. The summed E-state index contributed by atoms with van der Waals surface area (Å²) in [4.78, 5) is 12.3. The van der Waals surface area contributed by atoms with E-state index in [-0.39, 0.29) is 5.96 Å². The molecule has 12 heavy (non-hydrogen) atoms. The molecule has 1 aliphatic rings. The topological polar surface area (TPSA) is 105 Å². The summed E-state index contributed by atoms with van der Waals surface area (Å²) >= 11 is 0. The molecule has 6 nitrogen and oxygen atoms in total. The van der Waals surface area contributed by atoms with E-state index in [1.54, 1.807) is 0 Å². The summed E-state index contributed by atoms with van der Waals surface area (Å²) in [6, 6.07) is -0.416. The summed E-state index contributed by atoms with van der Waals surface area (Å²) in [5.74, 6) is -0.476. The predicted molar refractivity (Wildman–Crippen MR) is 42.3 cm³/mol. The van der Waals surface area contributed by atoms with Crippen LogP contribution in [0.3, 0.4) is 0 Å². The number of primary amides is 1. The van der Waals surface area contributed by atoms with Gasteiger partial charge in [-0.3, -0.25) is 4.79 Å². The van der Waals surface area contributed by atoms with Crippen LogP contribution < -0.4 is 11.5 Å². The van der Waals surface area contributed by atoms with Gasteiger partial charge in [-0.25, -0.2) is 0 Å². The number of carbonyl (C=O) groups is 1. The standard InChI is InChI=1S/C6H12N4O2/c7-5(11)4-2-1-3-10(4)6(8)9-12/h4,12H,1-3H2,(H2,7,11)(H2,8,9). The van der Waals surface area contributed by atoms with E-state index in [1.807, 2.05) is 0 Å². The number of nitrogens with zero attached hydrogens (tertiary/aromatic N) is 2. The maximum Gasteiger partial charge on any atom is 0.240 e. The van der Waals surface area contributed by atoms with Crippen LogP contribution in [0.15, 0.2) is 5.16 Å². The van der Waals surface area contributed by atoms with E-state index in [9.17, 15) is 4.79 Å². The Hall–Kier alpha value is -1.46. The first-order valence-electron chi connectivity index (χ1n) is 3.70. The molecule has 1 saturated heterocycles. The van der Waals surface area contributed by atoms with Crippen LogP contribution in [0.5, 0.6) is 0 Å². The minimum Gasteiger partial charge on any atom is -0.408 e. The van der Waals surface area contributed by atoms with Crippen molar-refractivity contribution in [1.29, 1.82) is 0 Å². The van der Waals surface area contributed by atoms with Gasteiger partial charge in [0.15, 0.2) is 0 Å². The van der Waals surface area contributed by atoms with Crippen molar-refractivity contribution in [2.45, 2.75) is 18.9 Å². The molecule has 0 aromatic heterocycles. The highest BCUT2D eigenvalue weighted by molar-refractivity contribution is 5.87. The lowest BCUT2D eigenvalue weighted by molar-refractivity contribution is -0.121. The Labute approximate surface area is 69.8 Å². The van der Waals surface area contributed by atoms with Gasteiger partial charge < -0.3 is 21.6 Å². The molecule has 5 N–H and O–H groups in total. The Kier molecular flexibility index (Phi) is 2.37. The van der Waals surface area contributed by atoms with Crippen molar-refractivity contribution >= 4 is 11.9 Å². The predicted octanol–water partition coefficient (Wildman–Crippen LogP) is -1.36. The first-order chi connectivity index (χ1) is 5.66. The summed E-state index contributed by atoms with van der Waals surface area (Å²) in [7, 11) is 0. The third-order valence-corrected chi connectivity index (χ3v) is 1.98. The van der Waals surface area contributed by atoms with Gasteiger partial charge in [0, 0.05) is 6.54 Å². The molecule has 1 aliphatic heterocycles. The maximum absolute atomic E-state index is 10.8. The van der Waals surface area contributed by atoms with Gasteiger partial charge in [0.2, 0.25) is 11.9 Å². The van der Waals surface area contributed by atoms with Crippen LogP contribution in [0.2, 0.25) is 0 Å². The van der Waals surface area contributed by atoms with Crippen LogP contribution in [0.4, 0.5) is 0 Å². The van der Waals surface area contributed by atoms with E-state index >= 15 is 0 Å². The van der Waals surface area contributed by atoms with Gasteiger partial charge in [-0.1, -0.05) is 5.16 Å². The summed E-state index contributed by atoms with van der Waals surface area (Å²) in [6.45, 7) is 0.615. The molecule has 0 aromatic carbocycles. The first kappa shape index (κ1) is 8.63. The number of oxime groups is 1. The monoisotopic (exact) mass is 172 g/mol. The molecule has 0 radical (unpaired) electrons. The van der Waals surface area contributed by atoms with Crippen LogP contribution in [0, 0.1) is 0 Å². The second-order valence-corrected chi connectivity index (χ2v) is 2.71. The Morgan fingerprint density at radius 2 is 2.25 bits per heavy atom. The fraction of sp³-hybridized carbons (Fsp3) is 0.667. The van der Waals surface area contributed by atoms with Crippen LogP contribution in [0.25, 0.3) is 0 Å². The highest BCUT2D eigenvalue weighted by atomic mass is 16.4. The molecule has 1 rings (SSSR count). The molecule has 1 amide bonds. The van der Waals surface area contributed by atoms with Gasteiger partial charge in [0.1, 0.15) is 6.04 Å². The minimum atomic E-state index is -0.431. The molecule has 0 bridgehead atoms. The summed E-state index contributed by atoms with van der Waals surface area (Å²) in [5.41, 5.74) is 10.4. The van der Waals surface area contributed by atoms with Crippen LogP contribution >= 0.6 is 0 Å². The molecule has 1 atom stereocenters. The molecule has 0 aromatic rings. The Balaban J connectivity index is 2.70. The van der Waals surface area contributed by atoms with Crippen molar-refractivity contribution < 1.29 is 10.0 Å². The SMILES string of the molecule is NC(=O)C1CCCN1/C(N)=N/O. The molecule has 1 heterocycles. The number of hydrogen-bond donors (Lipinski definition) is 3. The highest BCUT2D eigenvalue weighted by Crippen LogP contribution is 2.15. The molecule has 6 heteroatoms. The minimum absolute atomic E-state index is 0.0451. The number of hydrogen-bond acceptors (Lipinski definition) is 3. The number of amides is 1. The summed E-state index contributed by atoms with van der Waals surface area (Å²) in [6.07, 6.45) is 1.51. The van der Waals surface area contributed by atoms with Crippen molar-refractivity contribution in [3.63, 3.8) is 0 Å². The van der Waals surface area contributed by atoms with Gasteiger partial charge in [-0.15, -0.1) is 0 Å². The van der Waals surface area contributed by atoms with E-state index in [0.29, 0.717) is 13.0 Å². The van der Waals surface area contributed by atoms with E-state index in [4.69, 9.17) is 16.7 Å². The lowest BCUT2D eigenvalue weighted by atomic mass is 10.2. The first-order valence-corrected chi connectivity index (χ1v) is 3.70. The summed E-state index contributed by atoms with van der Waals surface area (Å²) in [5, 5.41) is 11.2. The fourth-order valence-electron chi connectivity index (χ4n) is 1.39. The lowest BCUT2D eigenvalue weighted by Crippen LogP contribution is -2.46. The van der Waals surface area contributed by atoms with E-state index in [0.717, 1.165) is 6.42 Å². The van der Waals surface area contributed by atoms with Crippen molar-refractivity contribution in [2.75, 3.05) is 6.54 Å². The second kappa shape index (κ2) is 3.29. The number of nitrogens with two attached hydrogens (primary N) is 2. The van der Waals surface area contributed by atoms with Gasteiger partial charge in [-0.2, -0.15) is 0 Å². The maximum atomic E-state index is 10.8. The quantitative estimate of drug-likeness (QED) is 0.196. The Morgan fingerprint density at radius 3 is 2.75 bits per heavy atom. The van der Waals surface area contributed by atoms with Gasteiger partial charge in [0.25, 0.3) is 0 Å². The van der Waals surface area contributed by atoms with Crippen LogP contribution in [0.1, 0.15) is 12.8 Å². The number of likely N-dealkylation sites (tertiary alicyclic amines) is 1. The number of rotatable bonds is 1. The van der Waals surface area contributed by atoms with Crippen LogP contribution in [-0.4, -0.2) is 34.6 Å². The molecular formula is C6H12N4O2. The average Bonchev–Trinajstić information content (AvgIpc) is 2.50. The summed E-state index contributed by atoms with van der Waals surface area (Å²) < 4.78 is 0. The highest BCUT2D eigenvalue weighted by Gasteiger charge is 2.30. The molecule has 68 valence electrons. The van der Waals surface area contributed by atoms with Crippen LogP contribution in [-0.2, 0) is 4.79 Å². The molecule has 1 fully saturated rings. The molecule has 0 spiro atoms. The van der Waals surface area contributed by atoms with E-state index < -0.39 is 11.9 Å². The molecule has 0 saturated carbocycles. The zero-order valence-electron chi connectivity index (χ0n) is 6.60. The molecular weight excluding hydrogens is 160 g/mol.